The molecular weight excluding hydrogens is 747 g/mol. The fourth-order valence-electron chi connectivity index (χ4n) is 12.5. The second-order valence-electron chi connectivity index (χ2n) is 18.8. The standard InChI is InChI=1S/C61H45N/c1-59(2)50-25-10-5-17-42(50)47-36-35-40(37-55(47)59)62(39-33-31-38(32-34-39)41-22-15-23-48-45-20-6-11-26-51(45)60(3,4)57(41)48)56-30-16-24-49-46-21-9-14-29-54(46)61(58(49)56)52-27-12-7-18-43(52)44-19-8-13-28-53(44)61/h5-37H,1-4H3. The van der Waals surface area contributed by atoms with E-state index in [4.69, 9.17) is 0 Å². The molecule has 294 valence electrons. The zero-order valence-electron chi connectivity index (χ0n) is 35.5. The first-order chi connectivity index (χ1) is 30.3. The fourth-order valence-corrected chi connectivity index (χ4v) is 12.5. The lowest BCUT2D eigenvalue weighted by atomic mass is 9.70. The molecule has 4 aliphatic rings. The highest BCUT2D eigenvalue weighted by molar-refractivity contribution is 6.00. The van der Waals surface area contributed by atoms with Crippen molar-refractivity contribution in [2.24, 2.45) is 0 Å². The van der Waals surface area contributed by atoms with Crippen molar-refractivity contribution in [1.29, 1.82) is 0 Å². The molecule has 0 heterocycles. The molecule has 0 radical (unpaired) electrons. The summed E-state index contributed by atoms with van der Waals surface area (Å²) in [4.78, 5) is 2.56. The van der Waals surface area contributed by atoms with E-state index in [9.17, 15) is 0 Å². The van der Waals surface area contributed by atoms with E-state index >= 15 is 0 Å². The van der Waals surface area contributed by atoms with E-state index in [-0.39, 0.29) is 10.8 Å². The molecular formula is C61H45N. The molecule has 4 aliphatic carbocycles. The second kappa shape index (κ2) is 12.4. The highest BCUT2D eigenvalue weighted by atomic mass is 15.1. The largest absolute Gasteiger partial charge is 0.310 e. The molecule has 1 spiro atoms. The average Bonchev–Trinajstić information content (AvgIpc) is 3.95. The van der Waals surface area contributed by atoms with E-state index in [0.29, 0.717) is 0 Å². The third-order valence-corrected chi connectivity index (χ3v) is 15.1. The Kier molecular flexibility index (Phi) is 7.12. The van der Waals surface area contributed by atoms with Crippen molar-refractivity contribution in [2.75, 3.05) is 4.90 Å². The SMILES string of the molecule is CC1(C)c2ccccc2-c2ccc(N(c3ccc(-c4cccc5c4C(C)(C)c4ccccc4-5)cc3)c3cccc4c3C3(c5ccccc5-c5ccccc53)c3ccccc3-4)cc21. The third-order valence-electron chi connectivity index (χ3n) is 15.1. The van der Waals surface area contributed by atoms with Gasteiger partial charge in [-0.1, -0.05) is 198 Å². The smallest absolute Gasteiger partial charge is 0.0746 e. The summed E-state index contributed by atoms with van der Waals surface area (Å²) < 4.78 is 0. The number of anilines is 3. The summed E-state index contributed by atoms with van der Waals surface area (Å²) in [6.07, 6.45) is 0. The molecule has 1 nitrogen and oxygen atoms in total. The normalized spacial score (nSPS) is 15.5. The molecule has 0 bridgehead atoms. The van der Waals surface area contributed by atoms with Gasteiger partial charge < -0.3 is 4.90 Å². The highest BCUT2D eigenvalue weighted by Crippen LogP contribution is 2.65. The van der Waals surface area contributed by atoms with Gasteiger partial charge in [0.05, 0.1) is 11.1 Å². The van der Waals surface area contributed by atoms with Gasteiger partial charge in [-0.05, 0) is 125 Å². The first-order valence-corrected chi connectivity index (χ1v) is 22.1. The monoisotopic (exact) mass is 791 g/mol. The van der Waals surface area contributed by atoms with Gasteiger partial charge in [0.1, 0.15) is 0 Å². The number of hydrogen-bond acceptors (Lipinski definition) is 1. The van der Waals surface area contributed by atoms with Crippen molar-refractivity contribution >= 4 is 17.1 Å². The minimum atomic E-state index is -0.495. The quantitative estimate of drug-likeness (QED) is 0.172. The van der Waals surface area contributed by atoms with Gasteiger partial charge in [-0.2, -0.15) is 0 Å². The second-order valence-corrected chi connectivity index (χ2v) is 18.8. The van der Waals surface area contributed by atoms with Gasteiger partial charge >= 0.3 is 0 Å². The molecule has 9 aromatic carbocycles. The molecule has 0 atom stereocenters. The van der Waals surface area contributed by atoms with Crippen LogP contribution in [0.2, 0.25) is 0 Å². The van der Waals surface area contributed by atoms with Gasteiger partial charge in [0.2, 0.25) is 0 Å². The molecule has 9 aromatic rings. The molecule has 0 aliphatic heterocycles. The molecule has 1 heteroatoms. The van der Waals surface area contributed by atoms with Gasteiger partial charge in [0.15, 0.2) is 0 Å². The number of benzene rings is 9. The lowest BCUT2D eigenvalue weighted by Crippen LogP contribution is -2.28. The van der Waals surface area contributed by atoms with Gasteiger partial charge in [-0.15, -0.1) is 0 Å². The van der Waals surface area contributed by atoms with Crippen molar-refractivity contribution in [3.63, 3.8) is 0 Å². The Labute approximate surface area is 364 Å². The van der Waals surface area contributed by atoms with Crippen LogP contribution in [-0.2, 0) is 16.2 Å². The molecule has 62 heavy (non-hydrogen) atoms. The molecule has 0 amide bonds. The van der Waals surface area contributed by atoms with Crippen LogP contribution in [0.1, 0.15) is 72.2 Å². The van der Waals surface area contributed by atoms with E-state index in [1.807, 2.05) is 0 Å². The maximum absolute atomic E-state index is 2.56. The summed E-state index contributed by atoms with van der Waals surface area (Å²) >= 11 is 0. The third kappa shape index (κ3) is 4.43. The fraction of sp³-hybridized carbons (Fsp3) is 0.115. The topological polar surface area (TPSA) is 3.24 Å². The Morgan fingerprint density at radius 2 is 0.694 bits per heavy atom. The van der Waals surface area contributed by atoms with Gasteiger partial charge in [-0.3, -0.25) is 0 Å². The van der Waals surface area contributed by atoms with E-state index in [1.54, 1.807) is 0 Å². The average molecular weight is 792 g/mol. The van der Waals surface area contributed by atoms with Crippen molar-refractivity contribution in [1.82, 2.24) is 0 Å². The Balaban J connectivity index is 1.06. The van der Waals surface area contributed by atoms with Crippen LogP contribution in [-0.4, -0.2) is 0 Å². The summed E-state index contributed by atoms with van der Waals surface area (Å²) in [7, 11) is 0. The molecule has 0 fully saturated rings. The Bertz CT molecular complexity index is 3300. The summed E-state index contributed by atoms with van der Waals surface area (Å²) in [6.45, 7) is 9.54. The van der Waals surface area contributed by atoms with Crippen molar-refractivity contribution in [3.05, 3.63) is 245 Å². The summed E-state index contributed by atoms with van der Waals surface area (Å²) in [5.74, 6) is 0. The summed E-state index contributed by atoms with van der Waals surface area (Å²) in [5, 5.41) is 0. The van der Waals surface area contributed by atoms with Crippen LogP contribution >= 0.6 is 0 Å². The minimum Gasteiger partial charge on any atom is -0.310 e. The van der Waals surface area contributed by atoms with E-state index in [0.717, 1.165) is 11.4 Å². The maximum atomic E-state index is 2.56. The zero-order chi connectivity index (χ0) is 41.5. The van der Waals surface area contributed by atoms with Gasteiger partial charge in [0, 0.05) is 27.8 Å². The van der Waals surface area contributed by atoms with Crippen LogP contribution in [0, 0.1) is 0 Å². The van der Waals surface area contributed by atoms with Crippen LogP contribution in [0.3, 0.4) is 0 Å². The van der Waals surface area contributed by atoms with E-state index in [1.165, 1.54) is 106 Å². The summed E-state index contributed by atoms with van der Waals surface area (Å²) in [5.41, 5.74) is 26.8. The molecule has 0 saturated carbocycles. The number of fused-ring (bicyclic) bond motifs is 16. The number of nitrogens with zero attached hydrogens (tertiary/aromatic N) is 1. The first kappa shape index (κ1) is 35.5. The molecule has 0 N–H and O–H groups in total. The molecule has 0 unspecified atom stereocenters. The van der Waals surface area contributed by atoms with Gasteiger partial charge in [0.25, 0.3) is 0 Å². The lowest BCUT2D eigenvalue weighted by molar-refractivity contribution is 0.660. The zero-order valence-corrected chi connectivity index (χ0v) is 35.5. The predicted molar refractivity (Wildman–Crippen MR) is 258 cm³/mol. The van der Waals surface area contributed by atoms with Crippen molar-refractivity contribution in [3.8, 4) is 55.6 Å². The molecule has 0 aromatic heterocycles. The van der Waals surface area contributed by atoms with Crippen LogP contribution in [0.4, 0.5) is 17.1 Å². The Hall–Kier alpha value is -7.22. The van der Waals surface area contributed by atoms with Crippen molar-refractivity contribution in [2.45, 2.75) is 43.9 Å². The lowest BCUT2D eigenvalue weighted by Gasteiger charge is -2.36. The van der Waals surface area contributed by atoms with Crippen LogP contribution in [0.25, 0.3) is 55.6 Å². The maximum Gasteiger partial charge on any atom is 0.0746 e. The molecule has 0 saturated heterocycles. The highest BCUT2D eigenvalue weighted by Gasteiger charge is 2.53. The summed E-state index contributed by atoms with van der Waals surface area (Å²) in [6, 6.07) is 75.8. The van der Waals surface area contributed by atoms with Crippen LogP contribution in [0.15, 0.2) is 200 Å². The minimum absolute atomic E-state index is 0.107. The van der Waals surface area contributed by atoms with E-state index in [2.05, 4.69) is 233 Å². The Morgan fingerprint density at radius 1 is 0.290 bits per heavy atom. The molecule has 13 rings (SSSR count). The number of rotatable bonds is 4. The van der Waals surface area contributed by atoms with Crippen LogP contribution in [0.5, 0.6) is 0 Å². The predicted octanol–water partition coefficient (Wildman–Crippen LogP) is 15.8. The first-order valence-electron chi connectivity index (χ1n) is 22.1. The van der Waals surface area contributed by atoms with Crippen molar-refractivity contribution < 1.29 is 0 Å². The number of hydrogen-bond donors (Lipinski definition) is 0. The van der Waals surface area contributed by atoms with Gasteiger partial charge in [-0.25, -0.2) is 0 Å². The van der Waals surface area contributed by atoms with Crippen LogP contribution < -0.4 is 4.90 Å². The van der Waals surface area contributed by atoms with E-state index < -0.39 is 5.41 Å². The Morgan fingerprint density at radius 3 is 1.29 bits per heavy atom.